The van der Waals surface area contributed by atoms with Gasteiger partial charge in [0.2, 0.25) is 10.0 Å². The predicted molar refractivity (Wildman–Crippen MR) is 61.4 cm³/mol. The molecule has 6 heteroatoms. The van der Waals surface area contributed by atoms with Crippen LogP contribution in [-0.4, -0.2) is 30.8 Å². The van der Waals surface area contributed by atoms with E-state index >= 15 is 0 Å². The minimum atomic E-state index is -3.36. The molecule has 0 amide bonds. The number of nitrogen functional groups attached to an aromatic ring is 1. The van der Waals surface area contributed by atoms with Gasteiger partial charge in [-0.05, 0) is 31.4 Å². The molecule has 2 rings (SSSR count). The van der Waals surface area contributed by atoms with Crippen LogP contribution >= 0.6 is 0 Å². The monoisotopic (exact) mass is 241 g/mol. The van der Waals surface area contributed by atoms with Crippen molar-refractivity contribution >= 4 is 15.8 Å². The SMILES string of the molecule is Cc1cc(S(=O)(=O)N2CCCC2)cnc1N. The van der Waals surface area contributed by atoms with E-state index in [1.54, 1.807) is 13.0 Å². The van der Waals surface area contributed by atoms with Crippen LogP contribution in [-0.2, 0) is 10.0 Å². The summed E-state index contributed by atoms with van der Waals surface area (Å²) in [6.45, 7) is 2.96. The lowest BCUT2D eigenvalue weighted by Crippen LogP contribution is -2.28. The zero-order chi connectivity index (χ0) is 11.8. The van der Waals surface area contributed by atoms with Crippen molar-refractivity contribution in [2.24, 2.45) is 0 Å². The second-order valence-electron chi connectivity index (χ2n) is 3.98. The standard InChI is InChI=1S/C10H15N3O2S/c1-8-6-9(7-12-10(8)11)16(14,15)13-4-2-3-5-13/h6-7H,2-5H2,1H3,(H2,11,12). The Labute approximate surface area is 95.3 Å². The van der Waals surface area contributed by atoms with Crippen LogP contribution < -0.4 is 5.73 Å². The van der Waals surface area contributed by atoms with Crippen LogP contribution in [0.25, 0.3) is 0 Å². The predicted octanol–water partition coefficient (Wildman–Crippen LogP) is 0.757. The molecule has 1 aliphatic rings. The average molecular weight is 241 g/mol. The van der Waals surface area contributed by atoms with Gasteiger partial charge in [-0.25, -0.2) is 13.4 Å². The van der Waals surface area contributed by atoms with Gasteiger partial charge in [-0.1, -0.05) is 0 Å². The first-order valence-electron chi connectivity index (χ1n) is 5.24. The summed E-state index contributed by atoms with van der Waals surface area (Å²) >= 11 is 0. The molecule has 2 N–H and O–H groups in total. The highest BCUT2D eigenvalue weighted by Gasteiger charge is 2.27. The molecule has 0 saturated carbocycles. The lowest BCUT2D eigenvalue weighted by Gasteiger charge is -2.15. The summed E-state index contributed by atoms with van der Waals surface area (Å²) in [5.41, 5.74) is 6.26. The van der Waals surface area contributed by atoms with E-state index in [2.05, 4.69) is 4.98 Å². The largest absolute Gasteiger partial charge is 0.383 e. The third kappa shape index (κ3) is 1.90. The maximum atomic E-state index is 12.1. The number of aromatic nitrogens is 1. The number of aryl methyl sites for hydroxylation is 1. The fourth-order valence-corrected chi connectivity index (χ4v) is 3.33. The number of sulfonamides is 1. The van der Waals surface area contributed by atoms with Gasteiger partial charge in [0, 0.05) is 19.3 Å². The third-order valence-electron chi connectivity index (χ3n) is 2.80. The smallest absolute Gasteiger partial charge is 0.244 e. The molecule has 1 aromatic rings. The highest BCUT2D eigenvalue weighted by Crippen LogP contribution is 2.21. The van der Waals surface area contributed by atoms with Crippen molar-refractivity contribution in [2.75, 3.05) is 18.8 Å². The van der Waals surface area contributed by atoms with Crippen LogP contribution in [0.15, 0.2) is 17.2 Å². The minimum Gasteiger partial charge on any atom is -0.383 e. The van der Waals surface area contributed by atoms with Gasteiger partial charge in [0.15, 0.2) is 0 Å². The average Bonchev–Trinajstić information content (AvgIpc) is 2.75. The van der Waals surface area contributed by atoms with Gasteiger partial charge < -0.3 is 5.73 Å². The molecule has 0 bridgehead atoms. The minimum absolute atomic E-state index is 0.237. The first kappa shape index (κ1) is 11.3. The molecule has 0 radical (unpaired) electrons. The van der Waals surface area contributed by atoms with Gasteiger partial charge in [-0.2, -0.15) is 4.31 Å². The molecular formula is C10H15N3O2S. The van der Waals surface area contributed by atoms with Crippen molar-refractivity contribution in [1.29, 1.82) is 0 Å². The van der Waals surface area contributed by atoms with Gasteiger partial charge in [0.25, 0.3) is 0 Å². The van der Waals surface area contributed by atoms with Crippen LogP contribution in [0.4, 0.5) is 5.82 Å². The molecule has 0 spiro atoms. The number of nitrogens with zero attached hydrogens (tertiary/aromatic N) is 2. The first-order valence-corrected chi connectivity index (χ1v) is 6.68. The zero-order valence-electron chi connectivity index (χ0n) is 9.18. The Morgan fingerprint density at radius 3 is 2.56 bits per heavy atom. The van der Waals surface area contributed by atoms with Crippen molar-refractivity contribution in [3.05, 3.63) is 17.8 Å². The summed E-state index contributed by atoms with van der Waals surface area (Å²) in [6, 6.07) is 1.58. The Morgan fingerprint density at radius 1 is 1.38 bits per heavy atom. The number of hydrogen-bond acceptors (Lipinski definition) is 4. The van der Waals surface area contributed by atoms with E-state index in [-0.39, 0.29) is 4.90 Å². The molecule has 88 valence electrons. The van der Waals surface area contributed by atoms with E-state index in [4.69, 9.17) is 5.73 Å². The number of pyridine rings is 1. The van der Waals surface area contributed by atoms with Crippen LogP contribution in [0, 0.1) is 6.92 Å². The Morgan fingerprint density at radius 2 is 2.00 bits per heavy atom. The molecule has 1 aliphatic heterocycles. The Bertz CT molecular complexity index is 493. The first-order chi connectivity index (χ1) is 7.51. The maximum Gasteiger partial charge on any atom is 0.244 e. The van der Waals surface area contributed by atoms with Gasteiger partial charge in [-0.15, -0.1) is 0 Å². The second-order valence-corrected chi connectivity index (χ2v) is 5.92. The Hall–Kier alpha value is -1.14. The van der Waals surface area contributed by atoms with Crippen LogP contribution in [0.3, 0.4) is 0 Å². The van der Waals surface area contributed by atoms with E-state index in [1.165, 1.54) is 10.5 Å². The van der Waals surface area contributed by atoms with E-state index < -0.39 is 10.0 Å². The molecule has 5 nitrogen and oxygen atoms in total. The fraction of sp³-hybridized carbons (Fsp3) is 0.500. The number of anilines is 1. The van der Waals surface area contributed by atoms with E-state index in [0.29, 0.717) is 24.5 Å². The van der Waals surface area contributed by atoms with Gasteiger partial charge >= 0.3 is 0 Å². The normalized spacial score (nSPS) is 17.8. The van der Waals surface area contributed by atoms with E-state index in [1.807, 2.05) is 0 Å². The van der Waals surface area contributed by atoms with Crippen molar-refractivity contribution in [3.8, 4) is 0 Å². The lowest BCUT2D eigenvalue weighted by molar-refractivity contribution is 0.477. The fourth-order valence-electron chi connectivity index (χ4n) is 1.78. The van der Waals surface area contributed by atoms with Crippen molar-refractivity contribution in [2.45, 2.75) is 24.7 Å². The third-order valence-corrected chi connectivity index (χ3v) is 4.66. The van der Waals surface area contributed by atoms with Gasteiger partial charge in [0.1, 0.15) is 10.7 Å². The summed E-state index contributed by atoms with van der Waals surface area (Å²) in [5, 5.41) is 0. The molecular weight excluding hydrogens is 226 g/mol. The molecule has 0 atom stereocenters. The second kappa shape index (κ2) is 4.03. The quantitative estimate of drug-likeness (QED) is 0.829. The van der Waals surface area contributed by atoms with Crippen molar-refractivity contribution in [1.82, 2.24) is 9.29 Å². The van der Waals surface area contributed by atoms with Crippen LogP contribution in [0.2, 0.25) is 0 Å². The van der Waals surface area contributed by atoms with E-state index in [9.17, 15) is 8.42 Å². The highest BCUT2D eigenvalue weighted by atomic mass is 32.2. The number of nitrogens with two attached hydrogens (primary N) is 1. The van der Waals surface area contributed by atoms with Gasteiger partial charge in [-0.3, -0.25) is 0 Å². The van der Waals surface area contributed by atoms with Crippen molar-refractivity contribution in [3.63, 3.8) is 0 Å². The molecule has 1 aromatic heterocycles. The number of hydrogen-bond donors (Lipinski definition) is 1. The Balaban J connectivity index is 2.39. The molecule has 16 heavy (non-hydrogen) atoms. The topological polar surface area (TPSA) is 76.3 Å². The molecule has 0 aromatic carbocycles. The Kier molecular flexibility index (Phi) is 2.86. The highest BCUT2D eigenvalue weighted by molar-refractivity contribution is 7.89. The summed E-state index contributed by atoms with van der Waals surface area (Å²) in [6.07, 6.45) is 3.19. The van der Waals surface area contributed by atoms with Crippen molar-refractivity contribution < 1.29 is 8.42 Å². The lowest BCUT2D eigenvalue weighted by atomic mass is 10.3. The van der Waals surface area contributed by atoms with E-state index in [0.717, 1.165) is 12.8 Å². The van der Waals surface area contributed by atoms with Crippen LogP contribution in [0.5, 0.6) is 0 Å². The zero-order valence-corrected chi connectivity index (χ0v) is 10.00. The van der Waals surface area contributed by atoms with Gasteiger partial charge in [0.05, 0.1) is 0 Å². The summed E-state index contributed by atoms with van der Waals surface area (Å²) in [4.78, 5) is 4.13. The number of rotatable bonds is 2. The molecule has 2 heterocycles. The van der Waals surface area contributed by atoms with Crippen LogP contribution in [0.1, 0.15) is 18.4 Å². The molecule has 1 fully saturated rings. The summed E-state index contributed by atoms with van der Waals surface area (Å²) in [7, 11) is -3.36. The maximum absolute atomic E-state index is 12.1. The summed E-state index contributed by atoms with van der Waals surface area (Å²) in [5.74, 6) is 0.375. The molecule has 1 saturated heterocycles. The summed E-state index contributed by atoms with van der Waals surface area (Å²) < 4.78 is 25.8. The molecule has 0 aliphatic carbocycles. The molecule has 0 unspecified atom stereocenters.